The zero-order chi connectivity index (χ0) is 17.2. The maximum absolute atomic E-state index is 6.40. The highest BCUT2D eigenvalue weighted by atomic mass is 35.5. The third-order valence-electron chi connectivity index (χ3n) is 4.28. The molecule has 0 spiro atoms. The van der Waals surface area contributed by atoms with E-state index in [1.165, 1.54) is 22.9 Å². The molecule has 0 fully saturated rings. The van der Waals surface area contributed by atoms with Gasteiger partial charge in [-0.05, 0) is 41.8 Å². The molecule has 2 N–H and O–H groups in total. The summed E-state index contributed by atoms with van der Waals surface area (Å²) in [6.07, 6.45) is 2.59. The monoisotopic (exact) mass is 368 g/mol. The molecule has 1 aromatic heterocycles. The SMILES string of the molecule is Nc1c(Sc2ccc(Cl)cc2)ncnc1N1CCc2ccccc2C1. The first-order chi connectivity index (χ1) is 12.2. The lowest BCUT2D eigenvalue weighted by molar-refractivity contribution is 0.718. The fraction of sp³-hybridized carbons (Fsp3) is 0.158. The van der Waals surface area contributed by atoms with Gasteiger partial charge in [-0.2, -0.15) is 0 Å². The van der Waals surface area contributed by atoms with Crippen LogP contribution in [0.15, 0.2) is 64.8 Å². The van der Waals surface area contributed by atoms with Crippen LogP contribution in [0.2, 0.25) is 5.02 Å². The van der Waals surface area contributed by atoms with E-state index in [4.69, 9.17) is 17.3 Å². The maximum Gasteiger partial charge on any atom is 0.156 e. The molecule has 25 heavy (non-hydrogen) atoms. The van der Waals surface area contributed by atoms with Crippen LogP contribution in [-0.2, 0) is 13.0 Å². The summed E-state index contributed by atoms with van der Waals surface area (Å²) in [5, 5.41) is 1.49. The number of hydrogen-bond donors (Lipinski definition) is 1. The van der Waals surface area contributed by atoms with Gasteiger partial charge in [-0.1, -0.05) is 47.6 Å². The molecule has 6 heteroatoms. The van der Waals surface area contributed by atoms with Gasteiger partial charge in [0.25, 0.3) is 0 Å². The van der Waals surface area contributed by atoms with Crippen molar-refractivity contribution in [3.05, 3.63) is 71.0 Å². The summed E-state index contributed by atoms with van der Waals surface area (Å²) in [7, 11) is 0. The quantitative estimate of drug-likeness (QED) is 0.693. The van der Waals surface area contributed by atoms with Gasteiger partial charge in [0.1, 0.15) is 17.0 Å². The fourth-order valence-corrected chi connectivity index (χ4v) is 3.92. The molecule has 1 aliphatic rings. The molecule has 126 valence electrons. The highest BCUT2D eigenvalue weighted by molar-refractivity contribution is 7.99. The van der Waals surface area contributed by atoms with Crippen LogP contribution in [-0.4, -0.2) is 16.5 Å². The van der Waals surface area contributed by atoms with Crippen LogP contribution in [0.1, 0.15) is 11.1 Å². The van der Waals surface area contributed by atoms with Gasteiger partial charge in [0, 0.05) is 23.0 Å². The van der Waals surface area contributed by atoms with E-state index < -0.39 is 0 Å². The van der Waals surface area contributed by atoms with Gasteiger partial charge in [0.05, 0.1) is 0 Å². The first-order valence-corrected chi connectivity index (χ1v) is 9.26. The van der Waals surface area contributed by atoms with E-state index in [0.29, 0.717) is 10.7 Å². The van der Waals surface area contributed by atoms with Gasteiger partial charge in [0.2, 0.25) is 0 Å². The summed E-state index contributed by atoms with van der Waals surface area (Å²) >= 11 is 7.47. The molecular weight excluding hydrogens is 352 g/mol. The van der Waals surface area contributed by atoms with Crippen LogP contribution in [0, 0.1) is 0 Å². The lowest BCUT2D eigenvalue weighted by atomic mass is 10.00. The highest BCUT2D eigenvalue weighted by Crippen LogP contribution is 2.36. The Bertz CT molecular complexity index is 898. The van der Waals surface area contributed by atoms with Crippen molar-refractivity contribution in [1.29, 1.82) is 0 Å². The number of benzene rings is 2. The molecular formula is C19H17ClN4S. The maximum atomic E-state index is 6.40. The molecule has 0 amide bonds. The minimum atomic E-state index is 0.627. The van der Waals surface area contributed by atoms with Crippen molar-refractivity contribution in [1.82, 2.24) is 9.97 Å². The van der Waals surface area contributed by atoms with Gasteiger partial charge in [0.15, 0.2) is 5.82 Å². The number of nitrogen functional groups attached to an aromatic ring is 1. The molecule has 4 rings (SSSR count). The predicted octanol–water partition coefficient (Wildman–Crippen LogP) is 4.43. The number of hydrogen-bond acceptors (Lipinski definition) is 5. The highest BCUT2D eigenvalue weighted by Gasteiger charge is 2.20. The van der Waals surface area contributed by atoms with Crippen molar-refractivity contribution in [2.45, 2.75) is 22.9 Å². The number of aromatic nitrogens is 2. The van der Waals surface area contributed by atoms with Crippen molar-refractivity contribution in [2.75, 3.05) is 17.2 Å². The standard InChI is InChI=1S/C19H17ClN4S/c20-15-5-7-16(8-6-15)25-19-17(21)18(22-12-23-19)24-10-9-13-3-1-2-4-14(13)11-24/h1-8,12H,9-11,21H2. The molecule has 0 saturated heterocycles. The Hall–Kier alpha value is -2.24. The third kappa shape index (κ3) is 3.43. The molecule has 0 bridgehead atoms. The van der Waals surface area contributed by atoms with Crippen LogP contribution in [0.3, 0.4) is 0 Å². The largest absolute Gasteiger partial charge is 0.394 e. The molecule has 0 radical (unpaired) electrons. The third-order valence-corrected chi connectivity index (χ3v) is 5.56. The number of anilines is 2. The molecule has 0 aliphatic carbocycles. The lowest BCUT2D eigenvalue weighted by Gasteiger charge is -2.30. The molecule has 0 saturated carbocycles. The van der Waals surface area contributed by atoms with Gasteiger partial charge in [-0.15, -0.1) is 0 Å². The van der Waals surface area contributed by atoms with Crippen LogP contribution < -0.4 is 10.6 Å². The van der Waals surface area contributed by atoms with Crippen LogP contribution in [0.25, 0.3) is 0 Å². The van der Waals surface area contributed by atoms with Crippen molar-refractivity contribution < 1.29 is 0 Å². The Labute approximate surface area is 156 Å². The summed E-state index contributed by atoms with van der Waals surface area (Å²) in [5.74, 6) is 0.806. The van der Waals surface area contributed by atoms with E-state index in [1.54, 1.807) is 6.33 Å². The summed E-state index contributed by atoms with van der Waals surface area (Å²) in [4.78, 5) is 12.1. The van der Waals surface area contributed by atoms with Crippen LogP contribution in [0.5, 0.6) is 0 Å². The molecule has 3 aromatic rings. The van der Waals surface area contributed by atoms with Crippen molar-refractivity contribution >= 4 is 34.9 Å². The molecule has 0 atom stereocenters. The van der Waals surface area contributed by atoms with E-state index >= 15 is 0 Å². The van der Waals surface area contributed by atoms with Crippen molar-refractivity contribution in [3.8, 4) is 0 Å². The molecule has 1 aliphatic heterocycles. The molecule has 2 heterocycles. The van der Waals surface area contributed by atoms with Gasteiger partial charge in [-0.25, -0.2) is 9.97 Å². The minimum absolute atomic E-state index is 0.627. The van der Waals surface area contributed by atoms with Crippen molar-refractivity contribution in [3.63, 3.8) is 0 Å². The van der Waals surface area contributed by atoms with Crippen LogP contribution >= 0.6 is 23.4 Å². The van der Waals surface area contributed by atoms with Crippen LogP contribution in [0.4, 0.5) is 11.5 Å². The second-order valence-electron chi connectivity index (χ2n) is 5.91. The fourth-order valence-electron chi connectivity index (χ4n) is 2.99. The Morgan fingerprint density at radius 2 is 1.76 bits per heavy atom. The number of nitrogens with two attached hydrogens (primary N) is 1. The second-order valence-corrected chi connectivity index (χ2v) is 7.41. The van der Waals surface area contributed by atoms with Crippen molar-refractivity contribution in [2.24, 2.45) is 0 Å². The first kappa shape index (κ1) is 16.2. The zero-order valence-corrected chi connectivity index (χ0v) is 15.1. The van der Waals surface area contributed by atoms with Gasteiger partial charge < -0.3 is 10.6 Å². The van der Waals surface area contributed by atoms with E-state index in [0.717, 1.165) is 35.2 Å². The van der Waals surface area contributed by atoms with E-state index in [9.17, 15) is 0 Å². The Kier molecular flexibility index (Phi) is 4.51. The van der Waals surface area contributed by atoms with E-state index in [-0.39, 0.29) is 0 Å². The number of fused-ring (bicyclic) bond motifs is 1. The summed E-state index contributed by atoms with van der Waals surface area (Å²) in [6, 6.07) is 16.2. The molecule has 2 aromatic carbocycles. The Morgan fingerprint density at radius 3 is 2.56 bits per heavy atom. The molecule has 4 nitrogen and oxygen atoms in total. The zero-order valence-electron chi connectivity index (χ0n) is 13.5. The minimum Gasteiger partial charge on any atom is -0.394 e. The Balaban J connectivity index is 1.60. The summed E-state index contributed by atoms with van der Waals surface area (Å²) in [6.45, 7) is 1.73. The Morgan fingerprint density at radius 1 is 1.00 bits per heavy atom. The number of rotatable bonds is 3. The topological polar surface area (TPSA) is 55.0 Å². The number of halogens is 1. The normalized spacial score (nSPS) is 13.6. The van der Waals surface area contributed by atoms with Gasteiger partial charge >= 0.3 is 0 Å². The first-order valence-electron chi connectivity index (χ1n) is 8.06. The molecule has 0 unspecified atom stereocenters. The number of nitrogens with zero attached hydrogens (tertiary/aromatic N) is 3. The second kappa shape index (κ2) is 6.94. The lowest BCUT2D eigenvalue weighted by Crippen LogP contribution is -2.31. The average molecular weight is 369 g/mol. The van der Waals surface area contributed by atoms with E-state index in [1.807, 2.05) is 24.3 Å². The summed E-state index contributed by atoms with van der Waals surface area (Å²) in [5.41, 5.74) is 9.76. The predicted molar refractivity (Wildman–Crippen MR) is 103 cm³/mol. The smallest absolute Gasteiger partial charge is 0.156 e. The van der Waals surface area contributed by atoms with Gasteiger partial charge in [-0.3, -0.25) is 0 Å². The summed E-state index contributed by atoms with van der Waals surface area (Å²) < 4.78 is 0. The average Bonchev–Trinajstić information content (AvgIpc) is 2.65. The van der Waals surface area contributed by atoms with E-state index in [2.05, 4.69) is 39.1 Å².